The van der Waals surface area contributed by atoms with E-state index in [1.807, 2.05) is 13.1 Å². The van der Waals surface area contributed by atoms with Gasteiger partial charge in [0.1, 0.15) is 6.26 Å². The molecule has 1 N–H and O–H groups in total. The number of nitrogens with one attached hydrogen (secondary N) is 1. The average molecular weight is 511 g/mol. The van der Waals surface area contributed by atoms with Gasteiger partial charge in [-0.1, -0.05) is 35.5 Å². The molecule has 0 amide bonds. The fourth-order valence-electron chi connectivity index (χ4n) is 4.07. The largest absolute Gasteiger partial charge is 0.373 e. The summed E-state index contributed by atoms with van der Waals surface area (Å²) in [4.78, 5) is 9.26. The lowest BCUT2D eigenvalue weighted by atomic mass is 9.95. The Bertz CT molecular complexity index is 748. The first-order chi connectivity index (χ1) is 13.8. The summed E-state index contributed by atoms with van der Waals surface area (Å²) in [5.41, 5.74) is 2.26. The number of ether oxygens (including phenoxy) is 1. The number of rotatable bonds is 5. The Morgan fingerprint density at radius 1 is 1.17 bits per heavy atom. The molecule has 29 heavy (non-hydrogen) atoms. The molecule has 2 aromatic rings. The number of nitrogens with zero attached hydrogens (tertiary/aromatic N) is 4. The maximum absolute atomic E-state index is 6.01. The van der Waals surface area contributed by atoms with E-state index in [-0.39, 0.29) is 30.1 Å². The van der Waals surface area contributed by atoms with E-state index in [1.54, 1.807) is 6.26 Å². The summed E-state index contributed by atoms with van der Waals surface area (Å²) >= 11 is 0. The van der Waals surface area contributed by atoms with Crippen LogP contribution in [-0.2, 0) is 11.3 Å². The van der Waals surface area contributed by atoms with Gasteiger partial charge >= 0.3 is 0 Å². The number of aromatic nitrogens is 1. The lowest BCUT2D eigenvalue weighted by Gasteiger charge is -2.36. The Morgan fingerprint density at radius 3 is 2.66 bits per heavy atom. The highest BCUT2D eigenvalue weighted by atomic mass is 127. The molecule has 0 radical (unpaired) electrons. The zero-order valence-corrected chi connectivity index (χ0v) is 19.2. The van der Waals surface area contributed by atoms with E-state index in [4.69, 9.17) is 9.26 Å². The van der Waals surface area contributed by atoms with Crippen molar-refractivity contribution in [2.45, 2.75) is 19.1 Å². The van der Waals surface area contributed by atoms with Crippen LogP contribution in [-0.4, -0.2) is 67.3 Å². The van der Waals surface area contributed by atoms with Gasteiger partial charge in [-0.05, 0) is 12.0 Å². The van der Waals surface area contributed by atoms with E-state index < -0.39 is 0 Å². The fourth-order valence-corrected chi connectivity index (χ4v) is 4.07. The minimum Gasteiger partial charge on any atom is -0.373 e. The molecule has 7 nitrogen and oxygen atoms in total. The van der Waals surface area contributed by atoms with E-state index in [0.29, 0.717) is 5.92 Å². The Kier molecular flexibility index (Phi) is 8.31. The SMILES string of the molecule is CN=C(NCC1CCOC1c1ccccc1)N1CCN(Cc2ccon2)CC1.I. The van der Waals surface area contributed by atoms with Crippen LogP contribution in [0.25, 0.3) is 0 Å². The summed E-state index contributed by atoms with van der Waals surface area (Å²) in [6, 6.07) is 12.5. The number of hydrogen-bond acceptors (Lipinski definition) is 5. The third-order valence-electron chi connectivity index (χ3n) is 5.63. The first kappa shape index (κ1) is 22.0. The standard InChI is InChI=1S/C21H29N5O2.HI/c1-22-21(26-11-9-25(10-12-26)16-19-8-14-28-24-19)23-15-18-7-13-27-20(18)17-5-3-2-4-6-17;/h2-6,8,14,18,20H,7,9-13,15-16H2,1H3,(H,22,23);1H. The number of halogens is 1. The molecule has 1 aromatic carbocycles. The topological polar surface area (TPSA) is 66.1 Å². The van der Waals surface area contributed by atoms with Crippen LogP contribution in [0.15, 0.2) is 52.2 Å². The molecule has 2 aliphatic rings. The van der Waals surface area contributed by atoms with Crippen LogP contribution in [0.5, 0.6) is 0 Å². The molecule has 0 aliphatic carbocycles. The lowest BCUT2D eigenvalue weighted by Crippen LogP contribution is -2.52. The molecule has 2 fully saturated rings. The van der Waals surface area contributed by atoms with Gasteiger partial charge in [0.15, 0.2) is 5.96 Å². The van der Waals surface area contributed by atoms with Gasteiger partial charge in [0.25, 0.3) is 0 Å². The van der Waals surface area contributed by atoms with Crippen molar-refractivity contribution < 1.29 is 9.26 Å². The zero-order valence-electron chi connectivity index (χ0n) is 16.9. The molecule has 4 rings (SSSR count). The lowest BCUT2D eigenvalue weighted by molar-refractivity contribution is 0.0911. The number of hydrogen-bond donors (Lipinski definition) is 1. The summed E-state index contributed by atoms with van der Waals surface area (Å²) in [5.74, 6) is 1.45. The maximum atomic E-state index is 6.01. The molecule has 2 aliphatic heterocycles. The zero-order chi connectivity index (χ0) is 19.2. The van der Waals surface area contributed by atoms with E-state index >= 15 is 0 Å². The van der Waals surface area contributed by atoms with Crippen LogP contribution in [0.4, 0.5) is 0 Å². The second-order valence-corrected chi connectivity index (χ2v) is 7.43. The molecule has 8 heteroatoms. The number of aliphatic imine (C=N–C) groups is 1. The average Bonchev–Trinajstić information content (AvgIpc) is 3.42. The van der Waals surface area contributed by atoms with Crippen molar-refractivity contribution in [2.75, 3.05) is 46.4 Å². The highest BCUT2D eigenvalue weighted by molar-refractivity contribution is 14.0. The van der Waals surface area contributed by atoms with E-state index in [2.05, 4.69) is 55.6 Å². The van der Waals surface area contributed by atoms with Crippen molar-refractivity contribution >= 4 is 29.9 Å². The fraction of sp³-hybridized carbons (Fsp3) is 0.524. The van der Waals surface area contributed by atoms with Crippen molar-refractivity contribution in [2.24, 2.45) is 10.9 Å². The second kappa shape index (κ2) is 10.9. The minimum atomic E-state index is 0. The Hall–Kier alpha value is -1.65. The smallest absolute Gasteiger partial charge is 0.193 e. The van der Waals surface area contributed by atoms with Crippen molar-refractivity contribution in [3.05, 3.63) is 53.9 Å². The van der Waals surface area contributed by atoms with Crippen molar-refractivity contribution in [3.8, 4) is 0 Å². The van der Waals surface area contributed by atoms with Crippen molar-refractivity contribution in [1.82, 2.24) is 20.3 Å². The summed E-state index contributed by atoms with van der Waals surface area (Å²) < 4.78 is 10.9. The molecule has 2 unspecified atom stereocenters. The molecule has 2 saturated heterocycles. The van der Waals surface area contributed by atoms with Gasteiger partial charge < -0.3 is 19.5 Å². The summed E-state index contributed by atoms with van der Waals surface area (Å²) in [6.07, 6.45) is 2.88. The first-order valence-corrected chi connectivity index (χ1v) is 10.1. The Balaban J connectivity index is 0.00000240. The van der Waals surface area contributed by atoms with Crippen molar-refractivity contribution in [3.63, 3.8) is 0 Å². The molecular weight excluding hydrogens is 481 g/mol. The molecular formula is C21H30IN5O2. The third kappa shape index (κ3) is 5.70. The quantitative estimate of drug-likeness (QED) is 0.379. The van der Waals surface area contributed by atoms with Gasteiger partial charge in [-0.25, -0.2) is 0 Å². The predicted octanol–water partition coefficient (Wildman–Crippen LogP) is 2.76. The van der Waals surface area contributed by atoms with Crippen LogP contribution in [0, 0.1) is 5.92 Å². The molecule has 0 bridgehead atoms. The Morgan fingerprint density at radius 2 is 1.97 bits per heavy atom. The normalized spacial score (nSPS) is 23.1. The Labute approximate surface area is 189 Å². The van der Waals surface area contributed by atoms with E-state index in [0.717, 1.165) is 63.9 Å². The van der Waals surface area contributed by atoms with Crippen molar-refractivity contribution in [1.29, 1.82) is 0 Å². The molecule has 158 valence electrons. The van der Waals surface area contributed by atoms with Gasteiger partial charge in [-0.3, -0.25) is 9.89 Å². The van der Waals surface area contributed by atoms with Gasteiger partial charge in [0.05, 0.1) is 11.8 Å². The summed E-state index contributed by atoms with van der Waals surface area (Å²) in [7, 11) is 1.87. The van der Waals surface area contributed by atoms with Crippen LogP contribution >= 0.6 is 24.0 Å². The van der Waals surface area contributed by atoms with Crippen LogP contribution < -0.4 is 5.32 Å². The van der Waals surface area contributed by atoms with E-state index in [9.17, 15) is 0 Å². The predicted molar refractivity (Wildman–Crippen MR) is 123 cm³/mol. The van der Waals surface area contributed by atoms with Gasteiger partial charge in [-0.2, -0.15) is 0 Å². The van der Waals surface area contributed by atoms with E-state index in [1.165, 1.54) is 5.56 Å². The second-order valence-electron chi connectivity index (χ2n) is 7.43. The van der Waals surface area contributed by atoms with Gasteiger partial charge in [0, 0.05) is 64.9 Å². The molecule has 3 heterocycles. The maximum Gasteiger partial charge on any atom is 0.193 e. The number of piperazine rings is 1. The number of benzene rings is 1. The molecule has 0 spiro atoms. The van der Waals surface area contributed by atoms with Crippen LogP contribution in [0.3, 0.4) is 0 Å². The van der Waals surface area contributed by atoms with Gasteiger partial charge in [0.2, 0.25) is 0 Å². The van der Waals surface area contributed by atoms with Crippen LogP contribution in [0.2, 0.25) is 0 Å². The molecule has 2 atom stereocenters. The highest BCUT2D eigenvalue weighted by Crippen LogP contribution is 2.33. The van der Waals surface area contributed by atoms with Gasteiger partial charge in [-0.15, -0.1) is 24.0 Å². The summed E-state index contributed by atoms with van der Waals surface area (Å²) in [6.45, 7) is 6.45. The highest BCUT2D eigenvalue weighted by Gasteiger charge is 2.30. The third-order valence-corrected chi connectivity index (χ3v) is 5.63. The number of guanidine groups is 1. The first-order valence-electron chi connectivity index (χ1n) is 10.1. The molecule has 0 saturated carbocycles. The summed E-state index contributed by atoms with van der Waals surface area (Å²) in [5, 5.41) is 7.60. The molecule has 1 aromatic heterocycles. The monoisotopic (exact) mass is 511 g/mol. The minimum absolute atomic E-state index is 0. The van der Waals surface area contributed by atoms with Crippen LogP contribution in [0.1, 0.15) is 23.8 Å².